The number of halogens is 2. The van der Waals surface area contributed by atoms with Crippen LogP contribution in [0.15, 0.2) is 29.1 Å². The van der Waals surface area contributed by atoms with E-state index < -0.39 is 37.1 Å². The summed E-state index contributed by atoms with van der Waals surface area (Å²) in [5, 5.41) is 41.1. The van der Waals surface area contributed by atoms with Gasteiger partial charge in [-0.25, -0.2) is 9.67 Å². The van der Waals surface area contributed by atoms with Gasteiger partial charge in [0.2, 0.25) is 0 Å². The molecule has 0 spiro atoms. The van der Waals surface area contributed by atoms with Gasteiger partial charge in [-0.2, -0.15) is 10.2 Å². The highest BCUT2D eigenvalue weighted by Crippen LogP contribution is 2.43. The first-order valence-corrected chi connectivity index (χ1v) is 11.5. The number of hydrogen-bond acceptors (Lipinski definition) is 8. The van der Waals surface area contributed by atoms with Gasteiger partial charge in [0.1, 0.15) is 36.3 Å². The maximum atomic E-state index is 11.3. The van der Waals surface area contributed by atoms with Crippen molar-refractivity contribution in [2.45, 2.75) is 56.1 Å². The molecule has 3 N–H and O–H groups in total. The minimum absolute atomic E-state index is 0.318. The molecule has 1 aliphatic carbocycles. The minimum Gasteiger partial charge on any atom is -0.394 e. The number of rotatable bonds is 5. The third kappa shape index (κ3) is 3.87. The Balaban J connectivity index is 1.60. The van der Waals surface area contributed by atoms with Crippen molar-refractivity contribution in [1.82, 2.24) is 29.5 Å². The highest BCUT2D eigenvalue weighted by Gasteiger charge is 2.48. The van der Waals surface area contributed by atoms with Crippen molar-refractivity contribution >= 4 is 27.5 Å². The van der Waals surface area contributed by atoms with Gasteiger partial charge in [0, 0.05) is 18.3 Å². The summed E-state index contributed by atoms with van der Waals surface area (Å²) in [6, 6.07) is 0.901. The summed E-state index contributed by atoms with van der Waals surface area (Å²) in [5.41, 5.74) is 1.54. The molecule has 2 aliphatic rings. The van der Waals surface area contributed by atoms with Crippen molar-refractivity contribution in [2.24, 2.45) is 0 Å². The minimum atomic E-state index is -1.22. The zero-order valence-corrected chi connectivity index (χ0v) is 19.4. The lowest BCUT2D eigenvalue weighted by molar-refractivity contribution is -0.210. The predicted octanol–water partition coefficient (Wildman–Crippen LogP) is 1.86. The van der Waals surface area contributed by atoms with E-state index in [0.29, 0.717) is 32.7 Å². The molecule has 5 atom stereocenters. The fraction of sp³-hybridized carbons (Fsp3) is 0.500. The monoisotopic (exact) mass is 524 g/mol. The van der Waals surface area contributed by atoms with Gasteiger partial charge in [0.25, 0.3) is 0 Å². The zero-order chi connectivity index (χ0) is 22.6. The maximum Gasteiger partial charge on any atom is 0.164 e. The van der Waals surface area contributed by atoms with Crippen LogP contribution in [0.5, 0.6) is 0 Å². The smallest absolute Gasteiger partial charge is 0.164 e. The average molecular weight is 526 g/mol. The van der Waals surface area contributed by atoms with Gasteiger partial charge in [-0.3, -0.25) is 9.67 Å². The molecular formula is C20H22BrClN6O4. The normalized spacial score (nSPS) is 28.2. The average Bonchev–Trinajstić information content (AvgIpc) is 3.40. The molecule has 32 heavy (non-hydrogen) atoms. The molecule has 1 aliphatic heterocycles. The third-order valence-electron chi connectivity index (χ3n) is 5.82. The Kier molecular flexibility index (Phi) is 5.81. The summed E-state index contributed by atoms with van der Waals surface area (Å²) in [6.45, 7) is 1.30. The molecule has 3 aromatic rings. The Hall–Kier alpha value is -1.89. The number of ether oxygens (including phenoxy) is 1. The summed E-state index contributed by atoms with van der Waals surface area (Å²) in [5.74, 6) is 1.13. The van der Waals surface area contributed by atoms with Crippen LogP contribution in [0.25, 0.3) is 5.69 Å². The van der Waals surface area contributed by atoms with Crippen molar-refractivity contribution in [3.63, 3.8) is 0 Å². The van der Waals surface area contributed by atoms with E-state index in [2.05, 4.69) is 36.1 Å². The number of hydrogen-bond donors (Lipinski definition) is 3. The number of pyridine rings is 1. The van der Waals surface area contributed by atoms with E-state index in [4.69, 9.17) is 16.3 Å². The molecule has 1 saturated carbocycles. The fourth-order valence-electron chi connectivity index (χ4n) is 4.18. The molecular weight excluding hydrogens is 504 g/mol. The van der Waals surface area contributed by atoms with Crippen LogP contribution >= 0.6 is 27.5 Å². The van der Waals surface area contributed by atoms with E-state index in [1.54, 1.807) is 36.3 Å². The van der Waals surface area contributed by atoms with Crippen molar-refractivity contribution in [2.75, 3.05) is 6.61 Å². The lowest BCUT2D eigenvalue weighted by Gasteiger charge is -2.41. The largest absolute Gasteiger partial charge is 0.394 e. The summed E-state index contributed by atoms with van der Waals surface area (Å²) < 4.78 is 9.70. The molecule has 3 aromatic heterocycles. The van der Waals surface area contributed by atoms with Crippen LogP contribution in [0, 0.1) is 6.92 Å². The van der Waals surface area contributed by atoms with E-state index >= 15 is 0 Å². The first kappa shape index (κ1) is 21.9. The number of aliphatic hydroxyl groups excluding tert-OH is 3. The Morgan fingerprint density at radius 2 is 2.03 bits per heavy atom. The molecule has 0 radical (unpaired) electrons. The molecule has 2 unspecified atom stereocenters. The third-order valence-corrected chi connectivity index (χ3v) is 6.43. The first-order chi connectivity index (χ1) is 15.4. The van der Waals surface area contributed by atoms with Gasteiger partial charge in [0.15, 0.2) is 5.82 Å². The highest BCUT2D eigenvalue weighted by molar-refractivity contribution is 9.10. The van der Waals surface area contributed by atoms with Crippen molar-refractivity contribution in [3.8, 4) is 5.69 Å². The lowest BCUT2D eigenvalue weighted by Crippen LogP contribution is -2.53. The molecule has 12 heteroatoms. The Labute approximate surface area is 197 Å². The predicted molar refractivity (Wildman–Crippen MR) is 117 cm³/mol. The highest BCUT2D eigenvalue weighted by atomic mass is 79.9. The van der Waals surface area contributed by atoms with E-state index in [1.165, 1.54) is 4.68 Å². The van der Waals surface area contributed by atoms with Gasteiger partial charge in [-0.15, -0.1) is 0 Å². The van der Waals surface area contributed by atoms with Crippen molar-refractivity contribution in [1.29, 1.82) is 0 Å². The second-order valence-corrected chi connectivity index (χ2v) is 9.50. The number of aromatic nitrogens is 6. The number of aryl methyl sites for hydroxylation is 1. The zero-order valence-electron chi connectivity index (χ0n) is 17.1. The van der Waals surface area contributed by atoms with E-state index in [-0.39, 0.29) is 0 Å². The molecule has 0 amide bonds. The van der Waals surface area contributed by atoms with Crippen LogP contribution in [0.3, 0.4) is 0 Å². The van der Waals surface area contributed by atoms with Gasteiger partial charge >= 0.3 is 0 Å². The maximum absolute atomic E-state index is 11.3. The Morgan fingerprint density at radius 1 is 1.25 bits per heavy atom. The van der Waals surface area contributed by atoms with Gasteiger partial charge in [-0.05, 0) is 41.8 Å². The second kappa shape index (κ2) is 8.47. The van der Waals surface area contributed by atoms with Crippen LogP contribution in [0.4, 0.5) is 0 Å². The summed E-state index contributed by atoms with van der Waals surface area (Å²) in [7, 11) is 0. The quantitative estimate of drug-likeness (QED) is 0.460. The van der Waals surface area contributed by atoms with Crippen LogP contribution in [-0.4, -0.2) is 69.8 Å². The summed E-state index contributed by atoms with van der Waals surface area (Å²) in [4.78, 5) is 9.05. The van der Waals surface area contributed by atoms with Gasteiger partial charge in [-0.1, -0.05) is 11.6 Å². The summed E-state index contributed by atoms with van der Waals surface area (Å²) in [6.07, 6.45) is 2.52. The van der Waals surface area contributed by atoms with Crippen LogP contribution < -0.4 is 0 Å². The van der Waals surface area contributed by atoms with Crippen molar-refractivity contribution in [3.05, 3.63) is 51.5 Å². The fourth-order valence-corrected chi connectivity index (χ4v) is 4.63. The molecule has 0 bridgehead atoms. The molecule has 5 rings (SSSR count). The first-order valence-electron chi connectivity index (χ1n) is 10.3. The van der Waals surface area contributed by atoms with E-state index in [0.717, 1.165) is 18.5 Å². The van der Waals surface area contributed by atoms with Crippen LogP contribution in [0.1, 0.15) is 48.2 Å². The molecule has 1 saturated heterocycles. The molecule has 0 aromatic carbocycles. The van der Waals surface area contributed by atoms with E-state index in [1.807, 2.05) is 0 Å². The standard InChI is InChI=1S/C20H22BrClN6O4/c1-9-25-20(28(26-9)13-4-12(22)6-23-15(13)10-2-3-10)19-18(31)16(17(30)14(8-29)32-19)27-7-11(21)5-24-27/h4-7,10,14,16-19,29-31H,2-3,8H2,1H3/t14?,16-,17-,18?,19+/m0/s1. The molecule has 170 valence electrons. The molecule has 2 fully saturated rings. The van der Waals surface area contributed by atoms with Crippen molar-refractivity contribution < 1.29 is 20.1 Å². The topological polar surface area (TPSA) is 131 Å². The second-order valence-electron chi connectivity index (χ2n) is 8.15. The molecule has 10 nitrogen and oxygen atoms in total. The van der Waals surface area contributed by atoms with Crippen LogP contribution in [-0.2, 0) is 4.74 Å². The lowest BCUT2D eigenvalue weighted by atomic mass is 9.92. The Morgan fingerprint density at radius 3 is 2.69 bits per heavy atom. The summed E-state index contributed by atoms with van der Waals surface area (Å²) >= 11 is 9.59. The number of nitrogens with zero attached hydrogens (tertiary/aromatic N) is 6. The van der Waals surface area contributed by atoms with Gasteiger partial charge in [0.05, 0.1) is 33.7 Å². The van der Waals surface area contributed by atoms with E-state index in [9.17, 15) is 15.3 Å². The van der Waals surface area contributed by atoms with Gasteiger partial charge < -0.3 is 20.1 Å². The molecule has 4 heterocycles. The SMILES string of the molecule is Cc1nc([C@@H]2OC(CO)[C@H](O)[C@H](n3cc(Br)cn3)C2O)n(-c2cc(Cl)cnc2C2CC2)n1. The number of aliphatic hydroxyl groups is 3. The Bertz CT molecular complexity index is 1140. The van der Waals surface area contributed by atoms with Crippen LogP contribution in [0.2, 0.25) is 5.02 Å².